The number of halogens is 1. The molecule has 1 aliphatic rings. The lowest BCUT2D eigenvalue weighted by Crippen LogP contribution is -2.49. The number of hydrogen-bond acceptors (Lipinski definition) is 3. The zero-order chi connectivity index (χ0) is 13.1. The van der Waals surface area contributed by atoms with Crippen molar-refractivity contribution in [3.8, 4) is 0 Å². The van der Waals surface area contributed by atoms with E-state index in [-0.39, 0.29) is 18.3 Å². The number of carbonyl (C=O) groups excluding carboxylic acids is 1. The number of para-hydroxylation sites is 1. The molecule has 0 radical (unpaired) electrons. The lowest BCUT2D eigenvalue weighted by atomic mass is 10.1. The zero-order valence-electron chi connectivity index (χ0n) is 10.7. The smallest absolute Gasteiger partial charge is 0.241 e. The van der Waals surface area contributed by atoms with Crippen molar-refractivity contribution in [3.05, 3.63) is 29.6 Å². The molecule has 5 heteroatoms. The van der Waals surface area contributed by atoms with Gasteiger partial charge in [0, 0.05) is 26.7 Å². The normalized spacial score (nSPS) is 16.3. The Balaban J connectivity index is 2.29. The molecule has 0 aromatic heterocycles. The van der Waals surface area contributed by atoms with E-state index in [1.807, 2.05) is 18.0 Å². The van der Waals surface area contributed by atoms with Gasteiger partial charge in [-0.1, -0.05) is 12.1 Å². The topological polar surface area (TPSA) is 35.6 Å². The largest absolute Gasteiger partial charge is 0.358 e. The van der Waals surface area contributed by atoms with Crippen LogP contribution in [0.4, 0.5) is 10.1 Å². The average Bonchev–Trinajstić information content (AvgIpc) is 2.34. The number of benzene rings is 1. The van der Waals surface area contributed by atoms with Crippen LogP contribution in [0.5, 0.6) is 0 Å². The van der Waals surface area contributed by atoms with Gasteiger partial charge in [-0.25, -0.2) is 4.39 Å². The highest BCUT2D eigenvalue weighted by Crippen LogP contribution is 2.25. The number of nitrogens with one attached hydrogen (secondary N) is 1. The first-order chi connectivity index (χ1) is 8.63. The highest BCUT2D eigenvalue weighted by atomic mass is 19.1. The molecule has 1 aromatic carbocycles. The summed E-state index contributed by atoms with van der Waals surface area (Å²) < 4.78 is 14.0. The molecule has 1 fully saturated rings. The number of likely N-dealkylation sites (N-methyl/N-ethyl adjacent to an activating group) is 1. The van der Waals surface area contributed by atoms with Gasteiger partial charge in [0.25, 0.3) is 0 Å². The van der Waals surface area contributed by atoms with Crippen molar-refractivity contribution in [2.24, 2.45) is 0 Å². The summed E-state index contributed by atoms with van der Waals surface area (Å²) in [4.78, 5) is 15.2. The van der Waals surface area contributed by atoms with Crippen LogP contribution in [0.2, 0.25) is 0 Å². The Morgan fingerprint density at radius 2 is 2.17 bits per heavy atom. The van der Waals surface area contributed by atoms with Gasteiger partial charge in [-0.15, -0.1) is 0 Å². The summed E-state index contributed by atoms with van der Waals surface area (Å²) in [6.45, 7) is 2.13. The average molecular weight is 251 g/mol. The molecule has 1 heterocycles. The van der Waals surface area contributed by atoms with Crippen molar-refractivity contribution in [3.63, 3.8) is 0 Å². The Morgan fingerprint density at radius 3 is 2.83 bits per heavy atom. The minimum absolute atomic E-state index is 0.0277. The minimum Gasteiger partial charge on any atom is -0.358 e. The van der Waals surface area contributed by atoms with Gasteiger partial charge in [0.15, 0.2) is 0 Å². The van der Waals surface area contributed by atoms with Crippen LogP contribution < -0.4 is 10.2 Å². The molecule has 0 spiro atoms. The molecule has 1 aliphatic heterocycles. The number of rotatable bonds is 3. The third-order valence-corrected chi connectivity index (χ3v) is 3.21. The minimum atomic E-state index is -0.264. The van der Waals surface area contributed by atoms with E-state index in [2.05, 4.69) is 5.32 Å². The van der Waals surface area contributed by atoms with E-state index in [0.717, 1.165) is 5.56 Å². The predicted molar refractivity (Wildman–Crippen MR) is 69.0 cm³/mol. The van der Waals surface area contributed by atoms with Gasteiger partial charge in [0.05, 0.1) is 12.2 Å². The van der Waals surface area contributed by atoms with Crippen molar-refractivity contribution in [2.45, 2.75) is 6.54 Å². The number of piperazine rings is 1. The second-order valence-corrected chi connectivity index (χ2v) is 4.51. The summed E-state index contributed by atoms with van der Waals surface area (Å²) in [6.07, 6.45) is 0. The summed E-state index contributed by atoms with van der Waals surface area (Å²) >= 11 is 0. The first-order valence-electron chi connectivity index (χ1n) is 6.04. The van der Waals surface area contributed by atoms with Crippen LogP contribution in [0.3, 0.4) is 0 Å². The number of hydrogen-bond donors (Lipinski definition) is 1. The SMILES string of the molecule is CNCc1cccc(F)c1N1CCN(C)C(=O)C1. The van der Waals surface area contributed by atoms with Crippen molar-refractivity contribution in [2.75, 3.05) is 38.6 Å². The van der Waals surface area contributed by atoms with Crippen LogP contribution in [0.1, 0.15) is 5.56 Å². The number of nitrogens with zero attached hydrogens (tertiary/aromatic N) is 2. The summed E-state index contributed by atoms with van der Waals surface area (Å²) in [6, 6.07) is 5.03. The fourth-order valence-corrected chi connectivity index (χ4v) is 2.20. The number of amides is 1. The van der Waals surface area contributed by atoms with Gasteiger partial charge in [0.2, 0.25) is 5.91 Å². The Morgan fingerprint density at radius 1 is 1.39 bits per heavy atom. The molecule has 0 aliphatic carbocycles. The van der Waals surface area contributed by atoms with Crippen LogP contribution in [0.15, 0.2) is 18.2 Å². The van der Waals surface area contributed by atoms with E-state index in [1.165, 1.54) is 6.07 Å². The third-order valence-electron chi connectivity index (χ3n) is 3.21. The molecular formula is C13H18FN3O. The lowest BCUT2D eigenvalue weighted by Gasteiger charge is -2.34. The van der Waals surface area contributed by atoms with Crippen molar-refractivity contribution in [1.82, 2.24) is 10.2 Å². The summed E-state index contributed by atoms with van der Waals surface area (Å²) in [5.74, 6) is -0.236. The fraction of sp³-hybridized carbons (Fsp3) is 0.462. The van der Waals surface area contributed by atoms with E-state index >= 15 is 0 Å². The summed E-state index contributed by atoms with van der Waals surface area (Å²) in [7, 11) is 3.60. The molecule has 0 bridgehead atoms. The van der Waals surface area contributed by atoms with E-state index in [0.29, 0.717) is 25.3 Å². The highest BCUT2D eigenvalue weighted by Gasteiger charge is 2.24. The Hall–Kier alpha value is -1.62. The number of carbonyl (C=O) groups is 1. The summed E-state index contributed by atoms with van der Waals surface area (Å²) in [5, 5.41) is 3.02. The molecule has 1 amide bonds. The van der Waals surface area contributed by atoms with Crippen molar-refractivity contribution in [1.29, 1.82) is 0 Å². The van der Waals surface area contributed by atoms with Crippen LogP contribution in [-0.2, 0) is 11.3 Å². The Labute approximate surface area is 106 Å². The molecule has 1 N–H and O–H groups in total. The highest BCUT2D eigenvalue weighted by molar-refractivity contribution is 5.83. The van der Waals surface area contributed by atoms with Crippen molar-refractivity contribution >= 4 is 11.6 Å². The second kappa shape index (κ2) is 5.35. The van der Waals surface area contributed by atoms with Crippen LogP contribution in [0, 0.1) is 5.82 Å². The molecule has 1 aromatic rings. The van der Waals surface area contributed by atoms with E-state index < -0.39 is 0 Å². The standard InChI is InChI=1S/C13H18FN3O/c1-15-8-10-4-3-5-11(14)13(10)17-7-6-16(2)12(18)9-17/h3-5,15H,6-9H2,1-2H3. The van der Waals surface area contributed by atoms with Crippen molar-refractivity contribution < 1.29 is 9.18 Å². The molecule has 1 saturated heterocycles. The third kappa shape index (κ3) is 2.46. The molecule has 98 valence electrons. The van der Waals surface area contributed by atoms with Gasteiger partial charge in [-0.3, -0.25) is 4.79 Å². The maximum absolute atomic E-state index is 14.0. The zero-order valence-corrected chi connectivity index (χ0v) is 10.7. The number of anilines is 1. The second-order valence-electron chi connectivity index (χ2n) is 4.51. The maximum atomic E-state index is 14.0. The molecule has 4 nitrogen and oxygen atoms in total. The maximum Gasteiger partial charge on any atom is 0.241 e. The quantitative estimate of drug-likeness (QED) is 0.864. The predicted octanol–water partition coefficient (Wildman–Crippen LogP) is 0.823. The fourth-order valence-electron chi connectivity index (χ4n) is 2.20. The first kappa shape index (κ1) is 12.8. The molecular weight excluding hydrogens is 233 g/mol. The molecule has 0 unspecified atom stereocenters. The van der Waals surface area contributed by atoms with E-state index in [4.69, 9.17) is 0 Å². The Bertz CT molecular complexity index is 450. The summed E-state index contributed by atoms with van der Waals surface area (Å²) in [5.41, 5.74) is 1.43. The van der Waals surface area contributed by atoms with Gasteiger partial charge in [-0.2, -0.15) is 0 Å². The molecule has 18 heavy (non-hydrogen) atoms. The first-order valence-corrected chi connectivity index (χ1v) is 6.04. The van der Waals surface area contributed by atoms with Crippen LogP contribution in [-0.4, -0.2) is 44.5 Å². The Kier molecular flexibility index (Phi) is 3.81. The molecule has 0 saturated carbocycles. The molecule has 2 rings (SSSR count). The van der Waals surface area contributed by atoms with Gasteiger partial charge >= 0.3 is 0 Å². The van der Waals surface area contributed by atoms with E-state index in [1.54, 1.807) is 18.0 Å². The van der Waals surface area contributed by atoms with E-state index in [9.17, 15) is 9.18 Å². The lowest BCUT2D eigenvalue weighted by molar-refractivity contribution is -0.129. The van der Waals surface area contributed by atoms with Gasteiger partial charge < -0.3 is 15.1 Å². The molecule has 0 atom stereocenters. The van der Waals surface area contributed by atoms with Crippen LogP contribution in [0.25, 0.3) is 0 Å². The monoisotopic (exact) mass is 251 g/mol. The van der Waals surface area contributed by atoms with Crippen LogP contribution >= 0.6 is 0 Å². The van der Waals surface area contributed by atoms with Gasteiger partial charge in [0.1, 0.15) is 5.82 Å². The van der Waals surface area contributed by atoms with Gasteiger partial charge in [-0.05, 0) is 18.7 Å².